The van der Waals surface area contributed by atoms with Gasteiger partial charge >= 0.3 is 0 Å². The molecule has 1 amide bonds. The molecule has 1 N–H and O–H groups in total. The number of aryl methyl sites for hydroxylation is 1. The highest BCUT2D eigenvalue weighted by Gasteiger charge is 2.18. The molecule has 3 aromatic rings. The molecule has 3 rings (SSSR count). The molecule has 0 bridgehead atoms. The second-order valence-electron chi connectivity index (χ2n) is 5.01. The molecule has 7 heteroatoms. The van der Waals surface area contributed by atoms with E-state index < -0.39 is 0 Å². The largest absolute Gasteiger partial charge is 0.321 e. The third-order valence-corrected chi connectivity index (χ3v) is 4.55. The molecular weight excluding hydrogens is 388 g/mol. The van der Waals surface area contributed by atoms with Crippen LogP contribution in [0.25, 0.3) is 5.65 Å². The van der Waals surface area contributed by atoms with E-state index in [2.05, 4.69) is 26.2 Å². The summed E-state index contributed by atoms with van der Waals surface area (Å²) in [6.07, 6.45) is 2.50. The van der Waals surface area contributed by atoms with Gasteiger partial charge in [-0.3, -0.25) is 9.20 Å². The monoisotopic (exact) mass is 400 g/mol. The molecule has 120 valence electrons. The van der Waals surface area contributed by atoms with Crippen molar-refractivity contribution in [2.24, 2.45) is 0 Å². The average Bonchev–Trinajstić information content (AvgIpc) is 2.94. The summed E-state index contributed by atoms with van der Waals surface area (Å²) in [6, 6.07) is 10.9. The van der Waals surface area contributed by atoms with Gasteiger partial charge < -0.3 is 5.32 Å². The number of nitrogens with zero attached hydrogens (tertiary/aromatic N) is 3. The van der Waals surface area contributed by atoms with Crippen LogP contribution in [0.5, 0.6) is 0 Å². The summed E-state index contributed by atoms with van der Waals surface area (Å²) < 4.78 is 2.67. The Morgan fingerprint density at radius 2 is 2.08 bits per heavy atom. The molecule has 0 radical (unpaired) electrons. The van der Waals surface area contributed by atoms with Crippen molar-refractivity contribution in [2.75, 3.05) is 5.32 Å². The molecule has 0 atom stereocenters. The number of nitriles is 1. The first-order chi connectivity index (χ1) is 11.6. The number of carbonyl (C=O) groups excluding carboxylic acids is 1. The van der Waals surface area contributed by atoms with E-state index >= 15 is 0 Å². The third kappa shape index (κ3) is 3.30. The lowest BCUT2D eigenvalue weighted by molar-refractivity contribution is 0.102. The predicted molar refractivity (Wildman–Crippen MR) is 98.1 cm³/mol. The molecule has 0 fully saturated rings. The fourth-order valence-electron chi connectivity index (χ4n) is 2.40. The topological polar surface area (TPSA) is 70.2 Å². The first-order valence-electron chi connectivity index (χ1n) is 7.26. The Kier molecular flexibility index (Phi) is 4.88. The van der Waals surface area contributed by atoms with Crippen LogP contribution in [0.15, 0.2) is 52.0 Å². The normalized spacial score (nSPS) is 10.5. The maximum Gasteiger partial charge on any atom is 0.274 e. The van der Waals surface area contributed by atoms with E-state index in [-0.39, 0.29) is 5.91 Å². The molecule has 0 aliphatic rings. The molecule has 2 aromatic heterocycles. The van der Waals surface area contributed by atoms with Crippen LogP contribution < -0.4 is 5.32 Å². The lowest BCUT2D eigenvalue weighted by atomic mass is 10.2. The number of rotatable bonds is 4. The second kappa shape index (κ2) is 7.07. The van der Waals surface area contributed by atoms with Crippen LogP contribution in [-0.4, -0.2) is 15.3 Å². The van der Waals surface area contributed by atoms with Crippen LogP contribution in [0, 0.1) is 10.7 Å². The number of thioether (sulfide) groups is 1. The van der Waals surface area contributed by atoms with Crippen molar-refractivity contribution in [1.29, 1.82) is 5.26 Å². The number of hydrogen-bond donors (Lipinski definition) is 1. The van der Waals surface area contributed by atoms with Crippen LogP contribution in [0.1, 0.15) is 23.1 Å². The Morgan fingerprint density at radius 3 is 2.75 bits per heavy atom. The summed E-state index contributed by atoms with van der Waals surface area (Å²) in [4.78, 5) is 18.1. The Labute approximate surface area is 151 Å². The van der Waals surface area contributed by atoms with Gasteiger partial charge in [0, 0.05) is 21.3 Å². The van der Waals surface area contributed by atoms with Gasteiger partial charge in [-0.2, -0.15) is 5.26 Å². The van der Waals surface area contributed by atoms with E-state index in [1.807, 2.05) is 30.7 Å². The molecular formula is C17H13BrN4OS. The Bertz CT molecular complexity index is 944. The number of anilines is 1. The molecule has 0 spiro atoms. The Hall–Kier alpha value is -2.30. The molecule has 2 heterocycles. The molecule has 0 saturated carbocycles. The fraction of sp³-hybridized carbons (Fsp3) is 0.118. The average molecular weight is 401 g/mol. The first-order valence-corrected chi connectivity index (χ1v) is 8.87. The molecule has 0 aliphatic carbocycles. The number of fused-ring (bicyclic) bond motifs is 1. The minimum absolute atomic E-state index is 0.210. The second-order valence-corrected chi connectivity index (χ2v) is 6.78. The van der Waals surface area contributed by atoms with Gasteiger partial charge in [0.05, 0.1) is 5.69 Å². The summed E-state index contributed by atoms with van der Waals surface area (Å²) in [5.74, 6) is -0.210. The minimum atomic E-state index is -0.210. The highest BCUT2D eigenvalue weighted by Crippen LogP contribution is 2.21. The van der Waals surface area contributed by atoms with Gasteiger partial charge in [-0.1, -0.05) is 6.92 Å². The third-order valence-electron chi connectivity index (χ3n) is 3.48. The zero-order valence-electron chi connectivity index (χ0n) is 12.8. The molecule has 24 heavy (non-hydrogen) atoms. The van der Waals surface area contributed by atoms with E-state index in [0.717, 1.165) is 32.5 Å². The van der Waals surface area contributed by atoms with Crippen LogP contribution in [0.3, 0.4) is 0 Å². The fourth-order valence-corrected chi connectivity index (χ4v) is 3.12. The Morgan fingerprint density at radius 1 is 1.33 bits per heavy atom. The van der Waals surface area contributed by atoms with Gasteiger partial charge in [-0.05, 0) is 70.5 Å². The maximum absolute atomic E-state index is 12.7. The molecule has 0 unspecified atom stereocenters. The minimum Gasteiger partial charge on any atom is -0.321 e. The zero-order valence-corrected chi connectivity index (χ0v) is 15.2. The van der Waals surface area contributed by atoms with Crippen molar-refractivity contribution in [3.63, 3.8) is 0 Å². The number of hydrogen-bond acceptors (Lipinski definition) is 4. The van der Waals surface area contributed by atoms with Crippen LogP contribution in [0.4, 0.5) is 5.69 Å². The van der Waals surface area contributed by atoms with E-state index in [1.165, 1.54) is 0 Å². The van der Waals surface area contributed by atoms with Crippen molar-refractivity contribution < 1.29 is 4.79 Å². The summed E-state index contributed by atoms with van der Waals surface area (Å²) in [7, 11) is 0. The number of benzene rings is 1. The first kappa shape index (κ1) is 16.6. The standard InChI is InChI=1S/C17H13BrN4OS/c1-2-14-16(22-9-11(18)3-8-15(22)21-14)17(23)20-12-4-6-13(7-5-12)24-10-19/h3-9H,2H2,1H3,(H,20,23). The number of aromatic nitrogens is 2. The number of halogens is 1. The number of amides is 1. The molecule has 1 aromatic carbocycles. The van der Waals surface area contributed by atoms with E-state index in [0.29, 0.717) is 17.8 Å². The molecule has 0 saturated heterocycles. The number of imidazole rings is 1. The van der Waals surface area contributed by atoms with Crippen LogP contribution in [-0.2, 0) is 6.42 Å². The van der Waals surface area contributed by atoms with E-state index in [9.17, 15) is 4.79 Å². The Balaban J connectivity index is 1.93. The van der Waals surface area contributed by atoms with Gasteiger partial charge in [0.2, 0.25) is 0 Å². The smallest absolute Gasteiger partial charge is 0.274 e. The van der Waals surface area contributed by atoms with Gasteiger partial charge in [0.1, 0.15) is 16.7 Å². The lowest BCUT2D eigenvalue weighted by Crippen LogP contribution is -2.16. The van der Waals surface area contributed by atoms with Gasteiger partial charge in [0.15, 0.2) is 0 Å². The summed E-state index contributed by atoms with van der Waals surface area (Å²) in [6.45, 7) is 1.97. The molecule has 0 aliphatic heterocycles. The summed E-state index contributed by atoms with van der Waals surface area (Å²) in [5.41, 5.74) is 2.70. The highest BCUT2D eigenvalue weighted by molar-refractivity contribution is 9.10. The van der Waals surface area contributed by atoms with Crippen molar-refractivity contribution in [3.05, 3.63) is 58.5 Å². The SMILES string of the molecule is CCc1nc2ccc(Br)cn2c1C(=O)Nc1ccc(SC#N)cc1. The van der Waals surface area contributed by atoms with Crippen molar-refractivity contribution >= 4 is 44.9 Å². The van der Waals surface area contributed by atoms with Crippen LogP contribution in [0.2, 0.25) is 0 Å². The van der Waals surface area contributed by atoms with E-state index in [4.69, 9.17) is 5.26 Å². The predicted octanol–water partition coefficient (Wildman–Crippen LogP) is 4.48. The number of pyridine rings is 1. The quantitative estimate of drug-likeness (QED) is 0.517. The van der Waals surface area contributed by atoms with Gasteiger partial charge in [-0.25, -0.2) is 4.98 Å². The number of thiocyanates is 1. The van der Waals surface area contributed by atoms with Crippen molar-refractivity contribution in [1.82, 2.24) is 9.38 Å². The zero-order chi connectivity index (χ0) is 17.1. The highest BCUT2D eigenvalue weighted by atomic mass is 79.9. The number of carbonyl (C=O) groups is 1. The van der Waals surface area contributed by atoms with Gasteiger partial charge in [-0.15, -0.1) is 0 Å². The van der Waals surface area contributed by atoms with Crippen LogP contribution >= 0.6 is 27.7 Å². The summed E-state index contributed by atoms with van der Waals surface area (Å²) >= 11 is 4.51. The summed E-state index contributed by atoms with van der Waals surface area (Å²) in [5, 5.41) is 13.6. The van der Waals surface area contributed by atoms with E-state index in [1.54, 1.807) is 28.7 Å². The van der Waals surface area contributed by atoms with Crippen molar-refractivity contribution in [3.8, 4) is 5.40 Å². The molecule has 5 nitrogen and oxygen atoms in total. The number of nitrogens with one attached hydrogen (secondary N) is 1. The lowest BCUT2D eigenvalue weighted by Gasteiger charge is -2.07. The van der Waals surface area contributed by atoms with Crippen molar-refractivity contribution in [2.45, 2.75) is 18.2 Å². The maximum atomic E-state index is 12.7. The van der Waals surface area contributed by atoms with Gasteiger partial charge in [0.25, 0.3) is 5.91 Å².